The summed E-state index contributed by atoms with van der Waals surface area (Å²) >= 11 is 6.25. The highest BCUT2D eigenvalue weighted by atomic mass is 35.5. The molecule has 0 unspecified atom stereocenters. The second-order valence-corrected chi connectivity index (χ2v) is 7.47. The van der Waals surface area contributed by atoms with Gasteiger partial charge in [-0.25, -0.2) is 0 Å². The van der Waals surface area contributed by atoms with Gasteiger partial charge in [0, 0.05) is 21.7 Å². The molecule has 3 aromatic carbocycles. The monoisotopic (exact) mass is 403 g/mol. The number of aromatic nitrogens is 2. The third-order valence-corrected chi connectivity index (χ3v) is 5.33. The number of fused-ring (bicyclic) bond motifs is 1. The van der Waals surface area contributed by atoms with Crippen LogP contribution in [-0.2, 0) is 11.2 Å². The average Bonchev–Trinajstić information content (AvgIpc) is 3.13. The number of hydrogen-bond acceptors (Lipinski definition) is 2. The van der Waals surface area contributed by atoms with Crippen molar-refractivity contribution in [2.24, 2.45) is 0 Å². The van der Waals surface area contributed by atoms with Crippen molar-refractivity contribution in [3.63, 3.8) is 0 Å². The Kier molecular flexibility index (Phi) is 5.36. The highest BCUT2D eigenvalue weighted by Gasteiger charge is 2.21. The van der Waals surface area contributed by atoms with E-state index in [0.717, 1.165) is 34.3 Å². The summed E-state index contributed by atoms with van der Waals surface area (Å²) in [4.78, 5) is 12.9. The molecule has 0 aliphatic rings. The Morgan fingerprint density at radius 2 is 1.79 bits per heavy atom. The first kappa shape index (κ1) is 19.2. The van der Waals surface area contributed by atoms with Crippen molar-refractivity contribution in [1.29, 1.82) is 0 Å². The van der Waals surface area contributed by atoms with Gasteiger partial charge in [0.2, 0.25) is 5.91 Å². The summed E-state index contributed by atoms with van der Waals surface area (Å²) in [6.07, 6.45) is 0.967. The molecule has 1 aromatic heterocycles. The number of carbonyl (C=O) groups excluding carboxylic acids is 1. The first-order valence-electron chi connectivity index (χ1n) is 9.70. The normalized spacial score (nSPS) is 12.1. The minimum atomic E-state index is -0.484. The summed E-state index contributed by atoms with van der Waals surface area (Å²) in [5.74, 6) is -0.117. The fourth-order valence-corrected chi connectivity index (χ4v) is 3.57. The van der Waals surface area contributed by atoms with Crippen LogP contribution in [0.3, 0.4) is 0 Å². The SMILES string of the molecule is CCc1ccc(NC(=O)[C@H](C)n2nc(-c3ccccc3)c3cc(Cl)ccc32)cc1. The van der Waals surface area contributed by atoms with Gasteiger partial charge in [-0.15, -0.1) is 0 Å². The molecule has 1 heterocycles. The van der Waals surface area contributed by atoms with Crippen LogP contribution < -0.4 is 5.32 Å². The summed E-state index contributed by atoms with van der Waals surface area (Å²) in [6, 6.07) is 23.0. The van der Waals surface area contributed by atoms with E-state index < -0.39 is 6.04 Å². The molecule has 0 spiro atoms. The Morgan fingerprint density at radius 1 is 1.07 bits per heavy atom. The molecule has 5 heteroatoms. The number of aryl methyl sites for hydroxylation is 1. The Balaban J connectivity index is 1.70. The van der Waals surface area contributed by atoms with Crippen LogP contribution >= 0.6 is 11.6 Å². The van der Waals surface area contributed by atoms with E-state index in [1.165, 1.54) is 5.56 Å². The van der Waals surface area contributed by atoms with E-state index >= 15 is 0 Å². The summed E-state index contributed by atoms with van der Waals surface area (Å²) in [5.41, 5.74) is 4.69. The van der Waals surface area contributed by atoms with Crippen LogP contribution in [0.1, 0.15) is 25.5 Å². The van der Waals surface area contributed by atoms with Crippen molar-refractivity contribution in [2.75, 3.05) is 5.32 Å². The smallest absolute Gasteiger partial charge is 0.248 e. The lowest BCUT2D eigenvalue weighted by molar-refractivity contribution is -0.118. The highest BCUT2D eigenvalue weighted by Crippen LogP contribution is 2.32. The lowest BCUT2D eigenvalue weighted by Crippen LogP contribution is -2.24. The Labute approximate surface area is 175 Å². The summed E-state index contributed by atoms with van der Waals surface area (Å²) in [6.45, 7) is 3.96. The molecule has 0 aliphatic heterocycles. The minimum absolute atomic E-state index is 0.117. The molecule has 29 heavy (non-hydrogen) atoms. The molecule has 0 saturated carbocycles. The maximum atomic E-state index is 12.9. The molecular formula is C24H22ClN3O. The van der Waals surface area contributed by atoms with Crippen LogP contribution in [-0.4, -0.2) is 15.7 Å². The van der Waals surface area contributed by atoms with Crippen LogP contribution in [0.2, 0.25) is 5.02 Å². The standard InChI is InChI=1S/C24H22ClN3O/c1-3-17-9-12-20(13-10-17)26-24(29)16(2)28-22-14-11-19(25)15-21(22)23(27-28)18-7-5-4-6-8-18/h4-16H,3H2,1-2H3,(H,26,29)/t16-/m0/s1. The number of anilines is 1. The number of benzene rings is 3. The van der Waals surface area contributed by atoms with Gasteiger partial charge in [-0.1, -0.05) is 61.0 Å². The molecule has 0 radical (unpaired) electrons. The molecule has 0 aliphatic carbocycles. The second-order valence-electron chi connectivity index (χ2n) is 7.04. The van der Waals surface area contributed by atoms with E-state index in [0.29, 0.717) is 5.02 Å². The molecule has 0 saturated heterocycles. The molecule has 4 aromatic rings. The average molecular weight is 404 g/mol. The number of nitrogens with zero attached hydrogens (tertiary/aromatic N) is 2. The summed E-state index contributed by atoms with van der Waals surface area (Å²) in [5, 5.41) is 9.35. The van der Waals surface area contributed by atoms with Crippen LogP contribution in [0.4, 0.5) is 5.69 Å². The topological polar surface area (TPSA) is 46.9 Å². The summed E-state index contributed by atoms with van der Waals surface area (Å²) in [7, 11) is 0. The predicted molar refractivity (Wildman–Crippen MR) is 119 cm³/mol. The van der Waals surface area contributed by atoms with Gasteiger partial charge in [0.15, 0.2) is 0 Å². The maximum Gasteiger partial charge on any atom is 0.248 e. The van der Waals surface area contributed by atoms with Gasteiger partial charge in [-0.05, 0) is 49.2 Å². The summed E-state index contributed by atoms with van der Waals surface area (Å²) < 4.78 is 1.77. The van der Waals surface area contributed by atoms with Crippen LogP contribution in [0.25, 0.3) is 22.2 Å². The van der Waals surface area contributed by atoms with Gasteiger partial charge in [-0.2, -0.15) is 5.10 Å². The van der Waals surface area contributed by atoms with E-state index in [-0.39, 0.29) is 5.91 Å². The third kappa shape index (κ3) is 3.89. The molecule has 4 nitrogen and oxygen atoms in total. The second kappa shape index (κ2) is 8.10. The Bertz CT molecular complexity index is 1150. The van der Waals surface area contributed by atoms with Gasteiger partial charge < -0.3 is 5.32 Å². The molecule has 0 bridgehead atoms. The highest BCUT2D eigenvalue weighted by molar-refractivity contribution is 6.31. The van der Waals surface area contributed by atoms with Crippen LogP contribution in [0.5, 0.6) is 0 Å². The van der Waals surface area contributed by atoms with E-state index in [4.69, 9.17) is 16.7 Å². The van der Waals surface area contributed by atoms with Crippen molar-refractivity contribution in [3.05, 3.63) is 83.4 Å². The number of halogens is 1. The molecule has 4 rings (SSSR count). The maximum absolute atomic E-state index is 12.9. The van der Waals surface area contributed by atoms with Crippen molar-refractivity contribution in [3.8, 4) is 11.3 Å². The Hall–Kier alpha value is -3.11. The van der Waals surface area contributed by atoms with Gasteiger partial charge in [0.05, 0.1) is 5.52 Å². The zero-order valence-electron chi connectivity index (χ0n) is 16.4. The van der Waals surface area contributed by atoms with E-state index in [2.05, 4.69) is 12.2 Å². The molecule has 1 amide bonds. The van der Waals surface area contributed by atoms with Gasteiger partial charge >= 0.3 is 0 Å². The zero-order chi connectivity index (χ0) is 20.4. The Morgan fingerprint density at radius 3 is 2.48 bits per heavy atom. The van der Waals surface area contributed by atoms with Crippen molar-refractivity contribution in [2.45, 2.75) is 26.3 Å². The number of hydrogen-bond donors (Lipinski definition) is 1. The largest absolute Gasteiger partial charge is 0.324 e. The lowest BCUT2D eigenvalue weighted by atomic mass is 10.1. The van der Waals surface area contributed by atoms with Crippen LogP contribution in [0, 0.1) is 0 Å². The molecule has 1 atom stereocenters. The molecular weight excluding hydrogens is 382 g/mol. The minimum Gasteiger partial charge on any atom is -0.324 e. The first-order chi connectivity index (χ1) is 14.1. The number of rotatable bonds is 5. The van der Waals surface area contributed by atoms with Gasteiger partial charge in [0.1, 0.15) is 11.7 Å². The quantitative estimate of drug-likeness (QED) is 0.436. The fraction of sp³-hybridized carbons (Fsp3) is 0.167. The van der Waals surface area contributed by atoms with Crippen molar-refractivity contribution in [1.82, 2.24) is 9.78 Å². The predicted octanol–water partition coefficient (Wildman–Crippen LogP) is 6.12. The number of nitrogens with one attached hydrogen (secondary N) is 1. The number of carbonyl (C=O) groups is 1. The van der Waals surface area contributed by atoms with Crippen molar-refractivity contribution >= 4 is 34.1 Å². The van der Waals surface area contributed by atoms with E-state index in [9.17, 15) is 4.79 Å². The van der Waals surface area contributed by atoms with E-state index in [1.807, 2.05) is 79.7 Å². The third-order valence-electron chi connectivity index (χ3n) is 5.09. The van der Waals surface area contributed by atoms with Gasteiger partial charge in [-0.3, -0.25) is 9.48 Å². The molecule has 0 fully saturated rings. The van der Waals surface area contributed by atoms with E-state index in [1.54, 1.807) is 4.68 Å². The number of amides is 1. The fourth-order valence-electron chi connectivity index (χ4n) is 3.40. The van der Waals surface area contributed by atoms with Crippen molar-refractivity contribution < 1.29 is 4.79 Å². The van der Waals surface area contributed by atoms with Gasteiger partial charge in [0.25, 0.3) is 0 Å². The molecule has 146 valence electrons. The first-order valence-corrected chi connectivity index (χ1v) is 10.1. The zero-order valence-corrected chi connectivity index (χ0v) is 17.1. The lowest BCUT2D eigenvalue weighted by Gasteiger charge is -2.14. The molecule has 1 N–H and O–H groups in total. The van der Waals surface area contributed by atoms with Crippen LogP contribution in [0.15, 0.2) is 72.8 Å².